The number of carbonyl (C=O) groups is 1. The minimum absolute atomic E-state index is 0.168. The molecule has 1 atom stereocenters. The highest BCUT2D eigenvalue weighted by molar-refractivity contribution is 7.13. The topological polar surface area (TPSA) is 65.5 Å². The molecule has 0 unspecified atom stereocenters. The van der Waals surface area contributed by atoms with Gasteiger partial charge in [0.05, 0.1) is 16.7 Å². The molecular formula is C17H20FN3O2S. The van der Waals surface area contributed by atoms with E-state index in [4.69, 9.17) is 0 Å². The van der Waals surface area contributed by atoms with Crippen LogP contribution in [-0.4, -0.2) is 41.2 Å². The van der Waals surface area contributed by atoms with Gasteiger partial charge in [-0.15, -0.1) is 11.3 Å². The van der Waals surface area contributed by atoms with E-state index in [9.17, 15) is 14.3 Å². The van der Waals surface area contributed by atoms with Crippen molar-refractivity contribution >= 4 is 23.1 Å². The smallest absolute Gasteiger partial charge is 0.261 e. The number of nitrogens with zero attached hydrogens (tertiary/aromatic N) is 2. The van der Waals surface area contributed by atoms with Crippen LogP contribution in [0, 0.1) is 12.7 Å². The van der Waals surface area contributed by atoms with Crippen LogP contribution in [0.5, 0.6) is 0 Å². The molecule has 0 aromatic carbocycles. The summed E-state index contributed by atoms with van der Waals surface area (Å²) in [6.45, 7) is 3.23. The standard InChI is InChI=1S/C17H20FN3O2S/c1-12-3-5-14(24-12)16(22)20-10-17(23)7-2-8-21(11-17)15-6-4-13(18)9-19-15/h3-6,9,23H,2,7-8,10-11H2,1H3,(H,20,22)/t17-/m1/s1. The normalized spacial score (nSPS) is 20.9. The number of piperidine rings is 1. The number of pyridine rings is 1. The van der Waals surface area contributed by atoms with Gasteiger partial charge >= 0.3 is 0 Å². The van der Waals surface area contributed by atoms with E-state index in [1.54, 1.807) is 12.1 Å². The number of carbonyl (C=O) groups excluding carboxylic acids is 1. The Morgan fingerprint density at radius 3 is 2.96 bits per heavy atom. The summed E-state index contributed by atoms with van der Waals surface area (Å²) >= 11 is 1.43. The molecule has 1 fully saturated rings. The summed E-state index contributed by atoms with van der Waals surface area (Å²) in [5.74, 6) is 0.0813. The molecule has 3 heterocycles. The van der Waals surface area contributed by atoms with Gasteiger partial charge < -0.3 is 15.3 Å². The van der Waals surface area contributed by atoms with Gasteiger partial charge in [-0.1, -0.05) is 0 Å². The number of rotatable bonds is 4. The lowest BCUT2D eigenvalue weighted by atomic mass is 9.92. The van der Waals surface area contributed by atoms with E-state index in [2.05, 4.69) is 10.3 Å². The number of hydrogen-bond acceptors (Lipinski definition) is 5. The maximum atomic E-state index is 13.0. The molecule has 0 saturated carbocycles. The summed E-state index contributed by atoms with van der Waals surface area (Å²) in [6, 6.07) is 6.65. The highest BCUT2D eigenvalue weighted by Gasteiger charge is 2.34. The fourth-order valence-electron chi connectivity index (χ4n) is 2.90. The van der Waals surface area contributed by atoms with Crippen LogP contribution in [0.1, 0.15) is 27.4 Å². The molecule has 5 nitrogen and oxygen atoms in total. The summed E-state index contributed by atoms with van der Waals surface area (Å²) in [5, 5.41) is 13.6. The third kappa shape index (κ3) is 3.91. The Morgan fingerprint density at radius 2 is 2.29 bits per heavy atom. The number of amides is 1. The van der Waals surface area contributed by atoms with Crippen LogP contribution >= 0.6 is 11.3 Å². The van der Waals surface area contributed by atoms with Gasteiger partial charge in [-0.2, -0.15) is 0 Å². The molecule has 2 N–H and O–H groups in total. The van der Waals surface area contributed by atoms with Gasteiger partial charge in [0.15, 0.2) is 0 Å². The molecule has 2 aromatic heterocycles. The second kappa shape index (κ2) is 6.86. The lowest BCUT2D eigenvalue weighted by Crippen LogP contribution is -2.54. The molecule has 0 spiro atoms. The van der Waals surface area contributed by atoms with Crippen molar-refractivity contribution in [3.63, 3.8) is 0 Å². The lowest BCUT2D eigenvalue weighted by Gasteiger charge is -2.39. The van der Waals surface area contributed by atoms with Crippen LogP contribution in [0.15, 0.2) is 30.5 Å². The van der Waals surface area contributed by atoms with Crippen molar-refractivity contribution in [3.8, 4) is 0 Å². The summed E-state index contributed by atoms with van der Waals surface area (Å²) < 4.78 is 13.0. The highest BCUT2D eigenvalue weighted by Crippen LogP contribution is 2.25. The number of aliphatic hydroxyl groups is 1. The van der Waals surface area contributed by atoms with E-state index < -0.39 is 5.60 Å². The molecule has 128 valence electrons. The Kier molecular flexibility index (Phi) is 4.82. The molecule has 24 heavy (non-hydrogen) atoms. The maximum absolute atomic E-state index is 13.0. The quantitative estimate of drug-likeness (QED) is 0.889. The fraction of sp³-hybridized carbons (Fsp3) is 0.412. The van der Waals surface area contributed by atoms with Crippen molar-refractivity contribution in [1.82, 2.24) is 10.3 Å². The Bertz CT molecular complexity index is 719. The average Bonchev–Trinajstić information content (AvgIpc) is 3.00. The van der Waals surface area contributed by atoms with Crippen LogP contribution in [0.25, 0.3) is 0 Å². The van der Waals surface area contributed by atoms with Gasteiger partial charge in [0.1, 0.15) is 11.6 Å². The summed E-state index contributed by atoms with van der Waals surface area (Å²) in [4.78, 5) is 19.9. The van der Waals surface area contributed by atoms with E-state index >= 15 is 0 Å². The zero-order valence-electron chi connectivity index (χ0n) is 13.5. The molecule has 7 heteroatoms. The van der Waals surface area contributed by atoms with E-state index in [1.165, 1.54) is 23.6 Å². The van der Waals surface area contributed by atoms with Gasteiger partial charge in [-0.3, -0.25) is 4.79 Å². The van der Waals surface area contributed by atoms with E-state index in [1.807, 2.05) is 17.9 Å². The average molecular weight is 349 g/mol. The number of aromatic nitrogens is 1. The first-order valence-corrected chi connectivity index (χ1v) is 8.70. The Hall–Kier alpha value is -1.99. The van der Waals surface area contributed by atoms with E-state index in [-0.39, 0.29) is 18.3 Å². The molecule has 0 aliphatic carbocycles. The van der Waals surface area contributed by atoms with Crippen LogP contribution in [0.4, 0.5) is 10.2 Å². The molecule has 1 aliphatic heterocycles. The number of aryl methyl sites for hydroxylation is 1. The molecule has 1 saturated heterocycles. The first-order valence-electron chi connectivity index (χ1n) is 7.89. The van der Waals surface area contributed by atoms with Crippen LogP contribution in [-0.2, 0) is 0 Å². The highest BCUT2D eigenvalue weighted by atomic mass is 32.1. The van der Waals surface area contributed by atoms with Crippen LogP contribution in [0.2, 0.25) is 0 Å². The van der Waals surface area contributed by atoms with Gasteiger partial charge in [0, 0.05) is 24.5 Å². The zero-order valence-corrected chi connectivity index (χ0v) is 14.3. The number of hydrogen-bond donors (Lipinski definition) is 2. The van der Waals surface area contributed by atoms with E-state index in [0.717, 1.165) is 17.8 Å². The van der Waals surface area contributed by atoms with Crippen molar-refractivity contribution in [2.75, 3.05) is 24.5 Å². The Morgan fingerprint density at radius 1 is 1.46 bits per heavy atom. The maximum Gasteiger partial charge on any atom is 0.261 e. The third-order valence-corrected chi connectivity index (χ3v) is 5.13. The molecule has 2 aromatic rings. The second-order valence-corrected chi connectivity index (χ2v) is 7.46. The molecule has 1 amide bonds. The monoisotopic (exact) mass is 349 g/mol. The molecule has 3 rings (SSSR count). The Balaban J connectivity index is 1.62. The number of thiophene rings is 1. The minimum atomic E-state index is -1.02. The third-order valence-electron chi connectivity index (χ3n) is 4.13. The summed E-state index contributed by atoms with van der Waals surface area (Å²) in [6.07, 6.45) is 2.56. The van der Waals surface area contributed by atoms with Crippen molar-refractivity contribution in [2.45, 2.75) is 25.4 Å². The van der Waals surface area contributed by atoms with Gasteiger partial charge in [-0.05, 0) is 44.0 Å². The lowest BCUT2D eigenvalue weighted by molar-refractivity contribution is 0.0255. The SMILES string of the molecule is Cc1ccc(C(=O)NC[C@]2(O)CCCN(c3ccc(F)cn3)C2)s1. The van der Waals surface area contributed by atoms with E-state index in [0.29, 0.717) is 23.7 Å². The number of anilines is 1. The number of nitrogens with one attached hydrogen (secondary N) is 1. The van der Waals surface area contributed by atoms with Crippen molar-refractivity contribution in [3.05, 3.63) is 46.0 Å². The number of halogens is 1. The van der Waals surface area contributed by atoms with Crippen molar-refractivity contribution in [2.24, 2.45) is 0 Å². The molecule has 1 aliphatic rings. The van der Waals surface area contributed by atoms with Gasteiger partial charge in [0.2, 0.25) is 0 Å². The summed E-state index contributed by atoms with van der Waals surface area (Å²) in [7, 11) is 0. The van der Waals surface area contributed by atoms with Gasteiger partial charge in [-0.25, -0.2) is 9.37 Å². The van der Waals surface area contributed by atoms with Gasteiger partial charge in [0.25, 0.3) is 5.91 Å². The predicted octanol–water partition coefficient (Wildman–Crippen LogP) is 2.35. The van der Waals surface area contributed by atoms with Crippen LogP contribution < -0.4 is 10.2 Å². The number of β-amino-alcohol motifs (C(OH)–C–C–N with tert-alkyl or cyclic N) is 1. The zero-order chi connectivity index (χ0) is 17.2. The first kappa shape index (κ1) is 16.9. The molecule has 0 radical (unpaired) electrons. The minimum Gasteiger partial charge on any atom is -0.386 e. The van der Waals surface area contributed by atoms with Crippen molar-refractivity contribution in [1.29, 1.82) is 0 Å². The molecular weight excluding hydrogens is 329 g/mol. The fourth-order valence-corrected chi connectivity index (χ4v) is 3.68. The predicted molar refractivity (Wildman–Crippen MR) is 92.0 cm³/mol. The largest absolute Gasteiger partial charge is 0.386 e. The van der Waals surface area contributed by atoms with Crippen LogP contribution in [0.3, 0.4) is 0 Å². The van der Waals surface area contributed by atoms with Crippen molar-refractivity contribution < 1.29 is 14.3 Å². The Labute approximate surface area is 144 Å². The second-order valence-electron chi connectivity index (χ2n) is 6.18. The molecule has 0 bridgehead atoms. The summed E-state index contributed by atoms with van der Waals surface area (Å²) in [5.41, 5.74) is -1.02. The first-order chi connectivity index (χ1) is 11.5.